The molecule has 0 aliphatic heterocycles. The number of esters is 1. The molecule has 172 valence electrons. The molecule has 4 nitrogen and oxygen atoms in total. The molecule has 0 bridgehead atoms. The Labute approximate surface area is 204 Å². The van der Waals surface area contributed by atoms with Crippen LogP contribution < -0.4 is 0 Å². The summed E-state index contributed by atoms with van der Waals surface area (Å²) >= 11 is 0. The minimum Gasteiger partial charge on any atom is -0.508 e. The van der Waals surface area contributed by atoms with Gasteiger partial charge in [-0.2, -0.15) is 0 Å². The molecule has 4 aromatic carbocycles. The lowest BCUT2D eigenvalue weighted by Crippen LogP contribution is -2.07. The van der Waals surface area contributed by atoms with Gasteiger partial charge in [-0.05, 0) is 35.7 Å². The highest BCUT2D eigenvalue weighted by Gasteiger charge is 2.30. The van der Waals surface area contributed by atoms with Crippen molar-refractivity contribution in [1.82, 2.24) is 0 Å². The molecule has 0 unspecified atom stereocenters. The summed E-state index contributed by atoms with van der Waals surface area (Å²) in [5.41, 5.74) is 5.18. The number of carbonyl (C=O) groups is 1. The van der Waals surface area contributed by atoms with Crippen molar-refractivity contribution in [2.75, 3.05) is 6.61 Å². The first-order valence-corrected chi connectivity index (χ1v) is 11.5. The number of benzene rings is 4. The first kappa shape index (κ1) is 22.2. The molecular formula is C31H24O4. The zero-order chi connectivity index (χ0) is 24.2. The molecular weight excluding hydrogens is 436 g/mol. The van der Waals surface area contributed by atoms with E-state index in [0.29, 0.717) is 22.6 Å². The molecule has 4 heteroatoms. The Hall–Kier alpha value is -4.57. The topological polar surface area (TPSA) is 59.7 Å². The number of hydrogen-bond donors (Lipinski definition) is 1. The lowest BCUT2D eigenvalue weighted by atomic mass is 9.92. The van der Waals surface area contributed by atoms with Crippen LogP contribution in [0.15, 0.2) is 114 Å². The number of phenols is 1. The Morgan fingerprint density at radius 2 is 1.31 bits per heavy atom. The minimum atomic E-state index is -0.446. The highest BCUT2D eigenvalue weighted by atomic mass is 16.5. The van der Waals surface area contributed by atoms with Crippen molar-refractivity contribution in [3.63, 3.8) is 0 Å². The maximum atomic E-state index is 13.5. The minimum absolute atomic E-state index is 0.164. The van der Waals surface area contributed by atoms with Crippen LogP contribution in [0.5, 0.6) is 5.75 Å². The molecule has 0 spiro atoms. The van der Waals surface area contributed by atoms with E-state index in [9.17, 15) is 9.90 Å². The summed E-state index contributed by atoms with van der Waals surface area (Å²) < 4.78 is 12.1. The Morgan fingerprint density at radius 3 is 1.97 bits per heavy atom. The van der Waals surface area contributed by atoms with Gasteiger partial charge >= 0.3 is 5.97 Å². The van der Waals surface area contributed by atoms with Crippen LogP contribution in [-0.2, 0) is 4.74 Å². The molecule has 0 aliphatic carbocycles. The van der Waals surface area contributed by atoms with Crippen LogP contribution in [0.3, 0.4) is 0 Å². The Bertz CT molecular complexity index is 1470. The van der Waals surface area contributed by atoms with Gasteiger partial charge in [0.05, 0.1) is 6.61 Å². The largest absolute Gasteiger partial charge is 0.508 e. The van der Waals surface area contributed by atoms with Crippen LogP contribution in [0.1, 0.15) is 17.3 Å². The van der Waals surface area contributed by atoms with Crippen LogP contribution in [0.4, 0.5) is 0 Å². The van der Waals surface area contributed by atoms with Crippen molar-refractivity contribution in [3.05, 3.63) is 115 Å². The van der Waals surface area contributed by atoms with Gasteiger partial charge in [-0.1, -0.05) is 97.1 Å². The molecule has 1 N–H and O–H groups in total. The quantitative estimate of drug-likeness (QED) is 0.262. The SMILES string of the molecule is CCOC(=O)c1c(-c2ccccc2-c2cccc(O)c2)oc(-c2ccccc2)c1-c1ccccc1. The van der Waals surface area contributed by atoms with Gasteiger partial charge in [-0.15, -0.1) is 0 Å². The molecule has 1 aromatic heterocycles. The lowest BCUT2D eigenvalue weighted by molar-refractivity contribution is 0.0527. The molecule has 0 fully saturated rings. The van der Waals surface area contributed by atoms with E-state index in [1.54, 1.807) is 25.1 Å². The van der Waals surface area contributed by atoms with Crippen molar-refractivity contribution >= 4 is 5.97 Å². The number of hydrogen-bond acceptors (Lipinski definition) is 4. The van der Waals surface area contributed by atoms with Gasteiger partial charge < -0.3 is 14.3 Å². The number of ether oxygens (including phenoxy) is 1. The Balaban J connectivity index is 1.85. The molecule has 0 amide bonds. The van der Waals surface area contributed by atoms with Crippen molar-refractivity contribution in [3.8, 4) is 50.7 Å². The third-order valence-corrected chi connectivity index (χ3v) is 5.82. The summed E-state index contributed by atoms with van der Waals surface area (Å²) in [6.45, 7) is 2.03. The number of furan rings is 1. The molecule has 5 rings (SSSR count). The van der Waals surface area contributed by atoms with Crippen LogP contribution >= 0.6 is 0 Å². The fourth-order valence-corrected chi connectivity index (χ4v) is 4.30. The summed E-state index contributed by atoms with van der Waals surface area (Å²) in [5.74, 6) is 0.746. The number of aromatic hydroxyl groups is 1. The second kappa shape index (κ2) is 9.74. The fourth-order valence-electron chi connectivity index (χ4n) is 4.30. The maximum absolute atomic E-state index is 13.5. The molecule has 0 aliphatic rings. The second-order valence-corrected chi connectivity index (χ2v) is 8.06. The van der Waals surface area contributed by atoms with E-state index >= 15 is 0 Å². The van der Waals surface area contributed by atoms with E-state index in [-0.39, 0.29) is 12.4 Å². The summed E-state index contributed by atoms with van der Waals surface area (Å²) in [7, 11) is 0. The van der Waals surface area contributed by atoms with Gasteiger partial charge in [0.2, 0.25) is 0 Å². The van der Waals surface area contributed by atoms with Crippen molar-refractivity contribution < 1.29 is 19.1 Å². The molecule has 35 heavy (non-hydrogen) atoms. The fraction of sp³-hybridized carbons (Fsp3) is 0.0645. The average molecular weight is 461 g/mol. The standard InChI is InChI=1S/C31H24O4/c1-2-34-31(33)28-27(21-12-5-3-6-13-21)29(22-14-7-4-8-15-22)35-30(28)26-19-10-9-18-25(26)23-16-11-17-24(32)20-23/h3-20,32H,2H2,1H3. The Kier molecular flexibility index (Phi) is 6.18. The summed E-state index contributed by atoms with van der Waals surface area (Å²) in [6.07, 6.45) is 0. The monoisotopic (exact) mass is 460 g/mol. The van der Waals surface area contributed by atoms with E-state index in [2.05, 4.69) is 0 Å². The molecule has 0 atom stereocenters. The molecule has 0 saturated carbocycles. The second-order valence-electron chi connectivity index (χ2n) is 8.06. The predicted octanol–water partition coefficient (Wildman–Crippen LogP) is 7.83. The lowest BCUT2D eigenvalue weighted by Gasteiger charge is -2.11. The Morgan fingerprint density at radius 1 is 0.714 bits per heavy atom. The average Bonchev–Trinajstić information content (AvgIpc) is 3.31. The van der Waals surface area contributed by atoms with Gasteiger partial charge in [0, 0.05) is 16.7 Å². The summed E-state index contributed by atoms with van der Waals surface area (Å²) in [5, 5.41) is 10.1. The first-order valence-electron chi connectivity index (χ1n) is 11.5. The number of carbonyl (C=O) groups excluding carboxylic acids is 1. The third-order valence-electron chi connectivity index (χ3n) is 5.82. The summed E-state index contributed by atoms with van der Waals surface area (Å²) in [4.78, 5) is 13.5. The number of phenolic OH excluding ortho intramolecular Hbond substituents is 1. The zero-order valence-electron chi connectivity index (χ0n) is 19.3. The van der Waals surface area contributed by atoms with Gasteiger partial charge in [-0.3, -0.25) is 0 Å². The van der Waals surface area contributed by atoms with E-state index in [0.717, 1.165) is 27.8 Å². The highest BCUT2D eigenvalue weighted by molar-refractivity contribution is 6.08. The van der Waals surface area contributed by atoms with Crippen LogP contribution in [-0.4, -0.2) is 17.7 Å². The van der Waals surface area contributed by atoms with Crippen molar-refractivity contribution in [1.29, 1.82) is 0 Å². The summed E-state index contributed by atoms with van der Waals surface area (Å²) in [6, 6.07) is 34.2. The molecule has 1 heterocycles. The van der Waals surface area contributed by atoms with Gasteiger partial charge in [0.25, 0.3) is 0 Å². The van der Waals surface area contributed by atoms with Crippen LogP contribution in [0.2, 0.25) is 0 Å². The van der Waals surface area contributed by atoms with Crippen LogP contribution in [0, 0.1) is 0 Å². The predicted molar refractivity (Wildman–Crippen MR) is 138 cm³/mol. The smallest absolute Gasteiger partial charge is 0.342 e. The maximum Gasteiger partial charge on any atom is 0.342 e. The van der Waals surface area contributed by atoms with E-state index in [4.69, 9.17) is 9.15 Å². The molecule has 5 aromatic rings. The first-order chi connectivity index (χ1) is 17.2. The van der Waals surface area contributed by atoms with Crippen LogP contribution in [0.25, 0.3) is 44.9 Å². The van der Waals surface area contributed by atoms with E-state index in [1.807, 2.05) is 91.0 Å². The van der Waals surface area contributed by atoms with Gasteiger partial charge in [0.15, 0.2) is 5.76 Å². The van der Waals surface area contributed by atoms with E-state index in [1.165, 1.54) is 0 Å². The zero-order valence-corrected chi connectivity index (χ0v) is 19.3. The van der Waals surface area contributed by atoms with Crippen molar-refractivity contribution in [2.24, 2.45) is 0 Å². The van der Waals surface area contributed by atoms with Gasteiger partial charge in [0.1, 0.15) is 17.1 Å². The molecule has 0 saturated heterocycles. The number of rotatable bonds is 6. The third kappa shape index (κ3) is 4.34. The van der Waals surface area contributed by atoms with Gasteiger partial charge in [-0.25, -0.2) is 4.79 Å². The van der Waals surface area contributed by atoms with Crippen molar-refractivity contribution in [2.45, 2.75) is 6.92 Å². The van der Waals surface area contributed by atoms with E-state index < -0.39 is 5.97 Å². The molecule has 0 radical (unpaired) electrons. The normalized spacial score (nSPS) is 10.8. The highest BCUT2D eigenvalue weighted by Crippen LogP contribution is 2.46.